The highest BCUT2D eigenvalue weighted by molar-refractivity contribution is 6.30. The number of piperidine rings is 1. The molecule has 18 heavy (non-hydrogen) atoms. The minimum absolute atomic E-state index is 0.228. The van der Waals surface area contributed by atoms with Crippen LogP contribution >= 0.6 is 11.6 Å². The Balaban J connectivity index is 2.20. The molecule has 3 heteroatoms. The second-order valence-electron chi connectivity index (χ2n) is 5.99. The quantitative estimate of drug-likeness (QED) is 0.887. The molecule has 0 radical (unpaired) electrons. The maximum Gasteiger partial charge on any atom is 0.0481 e. The van der Waals surface area contributed by atoms with Crippen LogP contribution in [0.1, 0.15) is 25.8 Å². The van der Waals surface area contributed by atoms with Crippen LogP contribution in [0.15, 0.2) is 18.2 Å². The lowest BCUT2D eigenvalue weighted by Crippen LogP contribution is -2.46. The van der Waals surface area contributed by atoms with Gasteiger partial charge in [0.1, 0.15) is 0 Å². The smallest absolute Gasteiger partial charge is 0.0481 e. The number of benzene rings is 1. The molecule has 1 aliphatic rings. The molecule has 1 aliphatic heterocycles. The summed E-state index contributed by atoms with van der Waals surface area (Å²) >= 11 is 6.00. The summed E-state index contributed by atoms with van der Waals surface area (Å²) in [5, 5.41) is 10.3. The molecule has 0 spiro atoms. The molecule has 1 atom stereocenters. The van der Waals surface area contributed by atoms with Gasteiger partial charge in [0.15, 0.2) is 0 Å². The Bertz CT molecular complexity index is 431. The first kappa shape index (κ1) is 13.7. The van der Waals surface area contributed by atoms with Crippen LogP contribution in [-0.4, -0.2) is 24.8 Å². The fourth-order valence-electron chi connectivity index (χ4n) is 2.73. The maximum absolute atomic E-state index is 9.56. The molecule has 0 bridgehead atoms. The standard InChI is InChI=1S/C15H22ClNO/c1-11-8-13(16)4-5-14(11)17-7-6-15(2,3)12(9-17)10-18/h4-5,8,12,18H,6-7,9-10H2,1-3H3. The van der Waals surface area contributed by atoms with Gasteiger partial charge in [-0.15, -0.1) is 0 Å². The van der Waals surface area contributed by atoms with E-state index in [1.54, 1.807) is 0 Å². The number of halogens is 1. The number of hydrogen-bond acceptors (Lipinski definition) is 2. The van der Waals surface area contributed by atoms with Crippen LogP contribution in [0, 0.1) is 18.3 Å². The van der Waals surface area contributed by atoms with E-state index >= 15 is 0 Å². The summed E-state index contributed by atoms with van der Waals surface area (Å²) in [5.74, 6) is 0.335. The van der Waals surface area contributed by atoms with Gasteiger partial charge in [0.2, 0.25) is 0 Å². The van der Waals surface area contributed by atoms with E-state index in [-0.39, 0.29) is 12.0 Å². The van der Waals surface area contributed by atoms with Gasteiger partial charge in [-0.3, -0.25) is 0 Å². The van der Waals surface area contributed by atoms with Crippen molar-refractivity contribution in [2.24, 2.45) is 11.3 Å². The van der Waals surface area contributed by atoms with E-state index in [1.807, 2.05) is 12.1 Å². The van der Waals surface area contributed by atoms with E-state index in [0.717, 1.165) is 24.5 Å². The third-order valence-corrected chi connectivity index (χ3v) is 4.53. The third kappa shape index (κ3) is 2.65. The first-order chi connectivity index (χ1) is 8.44. The van der Waals surface area contributed by atoms with E-state index in [9.17, 15) is 5.11 Å². The fraction of sp³-hybridized carbons (Fsp3) is 0.600. The molecule has 1 unspecified atom stereocenters. The van der Waals surface area contributed by atoms with Gasteiger partial charge >= 0.3 is 0 Å². The topological polar surface area (TPSA) is 23.5 Å². The molecular weight excluding hydrogens is 246 g/mol. The van der Waals surface area contributed by atoms with Crippen molar-refractivity contribution in [2.75, 3.05) is 24.6 Å². The van der Waals surface area contributed by atoms with Crippen molar-refractivity contribution in [2.45, 2.75) is 27.2 Å². The lowest BCUT2D eigenvalue weighted by atomic mass is 9.73. The van der Waals surface area contributed by atoms with Gasteiger partial charge in [0, 0.05) is 36.3 Å². The molecule has 1 aromatic carbocycles. The van der Waals surface area contributed by atoms with Crippen molar-refractivity contribution >= 4 is 17.3 Å². The number of aryl methyl sites for hydroxylation is 1. The van der Waals surface area contributed by atoms with E-state index in [1.165, 1.54) is 11.3 Å². The molecular formula is C15H22ClNO. The molecule has 0 aromatic heterocycles. The average molecular weight is 268 g/mol. The summed E-state index contributed by atoms with van der Waals surface area (Å²) in [6, 6.07) is 6.03. The Morgan fingerprint density at radius 2 is 2.17 bits per heavy atom. The predicted molar refractivity (Wildman–Crippen MR) is 77.4 cm³/mol. The molecule has 1 aromatic rings. The van der Waals surface area contributed by atoms with E-state index < -0.39 is 0 Å². The zero-order valence-corrected chi connectivity index (χ0v) is 12.2. The van der Waals surface area contributed by atoms with Crippen LogP contribution in [0.5, 0.6) is 0 Å². The van der Waals surface area contributed by atoms with Gasteiger partial charge in [-0.2, -0.15) is 0 Å². The lowest BCUT2D eigenvalue weighted by Gasteiger charge is -2.44. The second-order valence-corrected chi connectivity index (χ2v) is 6.43. The second kappa shape index (κ2) is 5.10. The highest BCUT2D eigenvalue weighted by Crippen LogP contribution is 2.38. The van der Waals surface area contributed by atoms with E-state index in [4.69, 9.17) is 11.6 Å². The predicted octanol–water partition coefficient (Wildman–Crippen LogP) is 3.49. The molecule has 0 aliphatic carbocycles. The molecule has 2 nitrogen and oxygen atoms in total. The molecule has 1 fully saturated rings. The monoisotopic (exact) mass is 267 g/mol. The third-order valence-electron chi connectivity index (χ3n) is 4.29. The van der Waals surface area contributed by atoms with Crippen molar-refractivity contribution in [1.29, 1.82) is 0 Å². The summed E-state index contributed by atoms with van der Waals surface area (Å²) in [6.07, 6.45) is 1.11. The van der Waals surface area contributed by atoms with Crippen molar-refractivity contribution in [3.8, 4) is 0 Å². The van der Waals surface area contributed by atoms with Crippen LogP contribution in [0.3, 0.4) is 0 Å². The van der Waals surface area contributed by atoms with E-state index in [0.29, 0.717) is 5.92 Å². The summed E-state index contributed by atoms with van der Waals surface area (Å²) < 4.78 is 0. The van der Waals surface area contributed by atoms with Crippen molar-refractivity contribution in [3.63, 3.8) is 0 Å². The van der Waals surface area contributed by atoms with Crippen molar-refractivity contribution in [3.05, 3.63) is 28.8 Å². The number of aliphatic hydroxyl groups is 1. The van der Waals surface area contributed by atoms with Crippen LogP contribution in [0.2, 0.25) is 5.02 Å². The Hall–Kier alpha value is -0.730. The number of nitrogens with zero attached hydrogens (tertiary/aromatic N) is 1. The highest BCUT2D eigenvalue weighted by atomic mass is 35.5. The first-order valence-electron chi connectivity index (χ1n) is 6.56. The van der Waals surface area contributed by atoms with Gasteiger partial charge in [0.25, 0.3) is 0 Å². The van der Waals surface area contributed by atoms with Gasteiger partial charge in [-0.1, -0.05) is 25.4 Å². The fourth-order valence-corrected chi connectivity index (χ4v) is 2.96. The summed E-state index contributed by atoms with van der Waals surface area (Å²) in [7, 11) is 0. The van der Waals surface area contributed by atoms with Gasteiger partial charge in [-0.05, 0) is 42.5 Å². The molecule has 1 saturated heterocycles. The van der Waals surface area contributed by atoms with Gasteiger partial charge in [-0.25, -0.2) is 0 Å². The van der Waals surface area contributed by atoms with Crippen LogP contribution < -0.4 is 4.90 Å². The maximum atomic E-state index is 9.56. The average Bonchev–Trinajstić information content (AvgIpc) is 2.30. The minimum atomic E-state index is 0.228. The Morgan fingerprint density at radius 1 is 1.44 bits per heavy atom. The molecule has 0 amide bonds. The zero-order valence-electron chi connectivity index (χ0n) is 11.4. The van der Waals surface area contributed by atoms with Gasteiger partial charge < -0.3 is 10.0 Å². The van der Waals surface area contributed by atoms with Gasteiger partial charge in [0.05, 0.1) is 0 Å². The highest BCUT2D eigenvalue weighted by Gasteiger charge is 2.35. The molecule has 0 saturated carbocycles. The van der Waals surface area contributed by atoms with E-state index in [2.05, 4.69) is 31.7 Å². The lowest BCUT2D eigenvalue weighted by molar-refractivity contribution is 0.0967. The largest absolute Gasteiger partial charge is 0.396 e. The first-order valence-corrected chi connectivity index (χ1v) is 6.94. The van der Waals surface area contributed by atoms with Crippen LogP contribution in [0.25, 0.3) is 0 Å². The minimum Gasteiger partial charge on any atom is -0.396 e. The molecule has 100 valence electrons. The zero-order chi connectivity index (χ0) is 13.3. The SMILES string of the molecule is Cc1cc(Cl)ccc1N1CCC(C)(C)C(CO)C1. The summed E-state index contributed by atoms with van der Waals surface area (Å²) in [6.45, 7) is 8.82. The number of anilines is 1. The summed E-state index contributed by atoms with van der Waals surface area (Å²) in [5.41, 5.74) is 2.68. The Labute approximate surface area is 115 Å². The number of aliphatic hydroxyl groups excluding tert-OH is 1. The summed E-state index contributed by atoms with van der Waals surface area (Å²) in [4.78, 5) is 2.37. The van der Waals surface area contributed by atoms with Crippen LogP contribution in [0.4, 0.5) is 5.69 Å². The number of hydrogen-bond donors (Lipinski definition) is 1. The van der Waals surface area contributed by atoms with Crippen molar-refractivity contribution in [1.82, 2.24) is 0 Å². The Morgan fingerprint density at radius 3 is 2.78 bits per heavy atom. The van der Waals surface area contributed by atoms with Crippen molar-refractivity contribution < 1.29 is 5.11 Å². The molecule has 1 N–H and O–H groups in total. The normalized spacial score (nSPS) is 23.2. The van der Waals surface area contributed by atoms with Crippen LogP contribution in [-0.2, 0) is 0 Å². The molecule has 1 heterocycles. The number of rotatable bonds is 2. The molecule has 2 rings (SSSR count). The Kier molecular flexibility index (Phi) is 3.88.